The molecule has 0 aliphatic carbocycles. The van der Waals surface area contributed by atoms with Gasteiger partial charge in [-0.15, -0.1) is 0 Å². The Morgan fingerprint density at radius 2 is 1.72 bits per heavy atom. The third-order valence-electron chi connectivity index (χ3n) is 2.17. The Balaban J connectivity index is 4.19. The molecule has 18 heavy (non-hydrogen) atoms. The van der Waals surface area contributed by atoms with E-state index in [9.17, 15) is 19.2 Å². The number of hydrogen-bond acceptors (Lipinski definition) is 6. The summed E-state index contributed by atoms with van der Waals surface area (Å²) in [4.78, 5) is 44.1. The van der Waals surface area contributed by atoms with Crippen LogP contribution in [0.4, 0.5) is 0 Å². The highest BCUT2D eigenvalue weighted by atomic mass is 16.5. The van der Waals surface area contributed by atoms with Crippen molar-refractivity contribution in [1.82, 2.24) is 5.32 Å². The van der Waals surface area contributed by atoms with Gasteiger partial charge in [0.15, 0.2) is 0 Å². The molecule has 7 heteroatoms. The highest BCUT2D eigenvalue weighted by molar-refractivity contribution is 6.33. The van der Waals surface area contributed by atoms with Crippen LogP contribution >= 0.6 is 0 Å². The van der Waals surface area contributed by atoms with Gasteiger partial charge < -0.3 is 14.8 Å². The maximum absolute atomic E-state index is 11.3. The number of rotatable bonds is 7. The molecule has 0 unspecified atom stereocenters. The molecule has 102 valence electrons. The molecule has 1 amide bonds. The maximum Gasteiger partial charge on any atom is 0.374 e. The number of nitrogens with one attached hydrogen (secondary N) is 1. The van der Waals surface area contributed by atoms with Gasteiger partial charge in [-0.1, -0.05) is 0 Å². The predicted octanol–water partition coefficient (Wildman–Crippen LogP) is -0.423. The summed E-state index contributed by atoms with van der Waals surface area (Å²) < 4.78 is 8.76. The summed E-state index contributed by atoms with van der Waals surface area (Å²) in [5.74, 6) is -2.53. The number of carbonyl (C=O) groups excluding carboxylic acids is 4. The lowest BCUT2D eigenvalue weighted by Crippen LogP contribution is -2.40. The molecule has 0 radical (unpaired) electrons. The summed E-state index contributed by atoms with van der Waals surface area (Å²) in [6.45, 7) is 1.27. The van der Waals surface area contributed by atoms with Gasteiger partial charge in [-0.05, 0) is 12.8 Å². The third-order valence-corrected chi connectivity index (χ3v) is 2.17. The fourth-order valence-corrected chi connectivity index (χ4v) is 1.32. The van der Waals surface area contributed by atoms with E-state index in [1.54, 1.807) is 0 Å². The standard InChI is InChI=1S/C11H17NO6/c1-7(13)12-8(10(15)17-2)5-4-6-9(14)11(16)18-3/h8H,4-6H2,1-3H3,(H,12,13)/t8-/m0/s1. The quantitative estimate of drug-likeness (QED) is 0.492. The second-order valence-corrected chi connectivity index (χ2v) is 3.58. The molecule has 0 rings (SSSR count). The summed E-state index contributed by atoms with van der Waals surface area (Å²) in [5.41, 5.74) is 0. The molecule has 0 aliphatic rings. The van der Waals surface area contributed by atoms with Gasteiger partial charge in [0.1, 0.15) is 6.04 Å². The Bertz CT molecular complexity index is 338. The van der Waals surface area contributed by atoms with Crippen molar-refractivity contribution in [2.24, 2.45) is 0 Å². The van der Waals surface area contributed by atoms with E-state index in [4.69, 9.17) is 0 Å². The monoisotopic (exact) mass is 259 g/mol. The summed E-state index contributed by atoms with van der Waals surface area (Å²) >= 11 is 0. The van der Waals surface area contributed by atoms with Gasteiger partial charge in [-0.25, -0.2) is 9.59 Å². The molecule has 1 atom stereocenters. The average molecular weight is 259 g/mol. The number of amides is 1. The van der Waals surface area contributed by atoms with Crippen LogP contribution in [-0.4, -0.2) is 43.9 Å². The van der Waals surface area contributed by atoms with Crippen molar-refractivity contribution in [1.29, 1.82) is 0 Å². The minimum Gasteiger partial charge on any atom is -0.467 e. The lowest BCUT2D eigenvalue weighted by atomic mass is 10.1. The highest BCUT2D eigenvalue weighted by Gasteiger charge is 2.21. The molecule has 0 heterocycles. The van der Waals surface area contributed by atoms with Crippen LogP contribution in [-0.2, 0) is 28.7 Å². The summed E-state index contributed by atoms with van der Waals surface area (Å²) in [7, 11) is 2.32. The zero-order valence-corrected chi connectivity index (χ0v) is 10.6. The number of carbonyl (C=O) groups is 4. The summed E-state index contributed by atoms with van der Waals surface area (Å²) in [6.07, 6.45) is 0.447. The van der Waals surface area contributed by atoms with Crippen LogP contribution in [0.5, 0.6) is 0 Å². The van der Waals surface area contributed by atoms with Crippen molar-refractivity contribution in [2.45, 2.75) is 32.2 Å². The number of Topliss-reactive ketones (excluding diaryl/α,β-unsaturated/α-hetero) is 1. The zero-order valence-electron chi connectivity index (χ0n) is 10.6. The first-order valence-corrected chi connectivity index (χ1v) is 5.38. The van der Waals surface area contributed by atoms with Crippen LogP contribution in [0.3, 0.4) is 0 Å². The van der Waals surface area contributed by atoms with Crippen LogP contribution in [0.25, 0.3) is 0 Å². The van der Waals surface area contributed by atoms with Crippen molar-refractivity contribution in [2.75, 3.05) is 14.2 Å². The van der Waals surface area contributed by atoms with Gasteiger partial charge in [0, 0.05) is 13.3 Å². The third kappa shape index (κ3) is 5.97. The Labute approximate surface area is 105 Å². The van der Waals surface area contributed by atoms with Gasteiger partial charge in [-0.3, -0.25) is 9.59 Å². The van der Waals surface area contributed by atoms with Crippen LogP contribution in [0.1, 0.15) is 26.2 Å². The normalized spacial score (nSPS) is 11.3. The fourth-order valence-electron chi connectivity index (χ4n) is 1.32. The largest absolute Gasteiger partial charge is 0.467 e. The van der Waals surface area contributed by atoms with Gasteiger partial charge in [0.05, 0.1) is 14.2 Å². The molecular formula is C11H17NO6. The second-order valence-electron chi connectivity index (χ2n) is 3.58. The Morgan fingerprint density at radius 3 is 2.17 bits per heavy atom. The fraction of sp³-hybridized carbons (Fsp3) is 0.636. The maximum atomic E-state index is 11.3. The summed E-state index contributed by atoms with van der Waals surface area (Å²) in [5, 5.41) is 2.41. The molecule has 7 nitrogen and oxygen atoms in total. The minimum absolute atomic E-state index is 0.0419. The van der Waals surface area contributed by atoms with E-state index in [1.165, 1.54) is 14.0 Å². The van der Waals surface area contributed by atoms with Crippen molar-refractivity contribution >= 4 is 23.6 Å². The number of hydrogen-bond donors (Lipinski definition) is 1. The first kappa shape index (κ1) is 16.1. The van der Waals surface area contributed by atoms with Gasteiger partial charge in [0.2, 0.25) is 11.7 Å². The van der Waals surface area contributed by atoms with E-state index in [0.717, 1.165) is 7.11 Å². The van der Waals surface area contributed by atoms with Crippen LogP contribution in [0.15, 0.2) is 0 Å². The number of methoxy groups -OCH3 is 2. The molecule has 0 aromatic carbocycles. The van der Waals surface area contributed by atoms with Gasteiger partial charge >= 0.3 is 11.9 Å². The predicted molar refractivity (Wildman–Crippen MR) is 60.5 cm³/mol. The minimum atomic E-state index is -0.913. The smallest absolute Gasteiger partial charge is 0.374 e. The van der Waals surface area contributed by atoms with E-state index < -0.39 is 23.8 Å². The van der Waals surface area contributed by atoms with E-state index in [1.807, 2.05) is 0 Å². The van der Waals surface area contributed by atoms with Crippen molar-refractivity contribution in [3.05, 3.63) is 0 Å². The van der Waals surface area contributed by atoms with E-state index in [-0.39, 0.29) is 25.2 Å². The van der Waals surface area contributed by atoms with E-state index in [2.05, 4.69) is 14.8 Å². The lowest BCUT2D eigenvalue weighted by molar-refractivity contribution is -0.151. The molecule has 0 spiro atoms. The van der Waals surface area contributed by atoms with Gasteiger partial charge in [-0.2, -0.15) is 0 Å². The number of esters is 2. The molecular weight excluding hydrogens is 242 g/mol. The number of ketones is 1. The Morgan fingerprint density at radius 1 is 1.11 bits per heavy atom. The molecule has 0 aliphatic heterocycles. The first-order valence-electron chi connectivity index (χ1n) is 5.38. The van der Waals surface area contributed by atoms with Crippen LogP contribution in [0.2, 0.25) is 0 Å². The molecule has 0 fully saturated rings. The molecule has 0 aromatic heterocycles. The first-order chi connectivity index (χ1) is 8.42. The Kier molecular flexibility index (Phi) is 7.34. The molecule has 0 bridgehead atoms. The van der Waals surface area contributed by atoms with E-state index in [0.29, 0.717) is 0 Å². The SMILES string of the molecule is COC(=O)C(=O)CCC[C@H](NC(C)=O)C(=O)OC. The number of ether oxygens (including phenoxy) is 2. The van der Waals surface area contributed by atoms with Crippen LogP contribution in [0, 0.1) is 0 Å². The highest BCUT2D eigenvalue weighted by Crippen LogP contribution is 2.04. The van der Waals surface area contributed by atoms with Crippen LogP contribution < -0.4 is 5.32 Å². The molecule has 0 saturated carbocycles. The summed E-state index contributed by atoms with van der Waals surface area (Å²) in [6, 6.07) is -0.807. The van der Waals surface area contributed by atoms with Gasteiger partial charge in [0.25, 0.3) is 0 Å². The average Bonchev–Trinajstić information content (AvgIpc) is 2.34. The van der Waals surface area contributed by atoms with Crippen molar-refractivity contribution in [3.8, 4) is 0 Å². The molecule has 1 N–H and O–H groups in total. The topological polar surface area (TPSA) is 98.8 Å². The lowest BCUT2D eigenvalue weighted by Gasteiger charge is -2.14. The zero-order chi connectivity index (χ0) is 14.1. The molecule has 0 aromatic rings. The van der Waals surface area contributed by atoms with Crippen molar-refractivity contribution in [3.63, 3.8) is 0 Å². The van der Waals surface area contributed by atoms with Crippen molar-refractivity contribution < 1.29 is 28.7 Å². The molecule has 0 saturated heterocycles. The Hall–Kier alpha value is -1.92. The second kappa shape index (κ2) is 8.21. The van der Waals surface area contributed by atoms with E-state index >= 15 is 0 Å².